The van der Waals surface area contributed by atoms with Crippen molar-refractivity contribution in [3.63, 3.8) is 0 Å². The van der Waals surface area contributed by atoms with Crippen molar-refractivity contribution in [3.8, 4) is 5.75 Å². The summed E-state index contributed by atoms with van der Waals surface area (Å²) in [5.74, 6) is 0.464. The molecule has 0 saturated carbocycles. The molecule has 0 atom stereocenters. The van der Waals surface area contributed by atoms with E-state index in [-0.39, 0.29) is 61.8 Å². The summed E-state index contributed by atoms with van der Waals surface area (Å²) in [6, 6.07) is 4.18. The van der Waals surface area contributed by atoms with Crippen molar-refractivity contribution >= 4 is 24.8 Å². The van der Waals surface area contributed by atoms with Crippen LogP contribution in [0.4, 0.5) is 0 Å². The van der Waals surface area contributed by atoms with Crippen LogP contribution in [0.3, 0.4) is 0 Å². The molecule has 0 unspecified atom stereocenters. The Bertz CT molecular complexity index is 369. The molecule has 4 heteroatoms. The standard InChI is InChI=1S/C15H24O.2ClH.Zr/c1-10-8-11(14(2,3)4)13(16)12(9-10)15(5,6)7;;;/h8-9,16H,1-7H3;2*1H;. The summed E-state index contributed by atoms with van der Waals surface area (Å²) in [4.78, 5) is 0. The second-order valence-electron chi connectivity index (χ2n) is 6.71. The molecule has 19 heavy (non-hydrogen) atoms. The van der Waals surface area contributed by atoms with Crippen LogP contribution in [0.2, 0.25) is 0 Å². The Morgan fingerprint density at radius 3 is 1.26 bits per heavy atom. The summed E-state index contributed by atoms with van der Waals surface area (Å²) < 4.78 is 0. The molecule has 1 aromatic rings. The van der Waals surface area contributed by atoms with Crippen LogP contribution < -0.4 is 0 Å². The third-order valence-corrected chi connectivity index (χ3v) is 2.87. The van der Waals surface area contributed by atoms with Gasteiger partial charge in [-0.1, -0.05) is 59.2 Å². The van der Waals surface area contributed by atoms with E-state index in [2.05, 4.69) is 60.6 Å². The quantitative estimate of drug-likeness (QED) is 0.657. The molecular formula is C15H26Cl2OZr. The average molecular weight is 385 g/mol. The number of rotatable bonds is 0. The first-order chi connectivity index (χ1) is 7.03. The molecule has 0 spiro atoms. The Labute approximate surface area is 149 Å². The molecular weight excluding hydrogens is 358 g/mol. The van der Waals surface area contributed by atoms with Crippen molar-refractivity contribution in [1.82, 2.24) is 0 Å². The summed E-state index contributed by atoms with van der Waals surface area (Å²) in [6.45, 7) is 14.9. The summed E-state index contributed by atoms with van der Waals surface area (Å²) in [6.07, 6.45) is 0. The van der Waals surface area contributed by atoms with Crippen LogP contribution in [0.5, 0.6) is 5.75 Å². The second kappa shape index (κ2) is 8.06. The molecule has 0 aromatic heterocycles. The van der Waals surface area contributed by atoms with Gasteiger partial charge in [0.2, 0.25) is 0 Å². The van der Waals surface area contributed by atoms with Crippen molar-refractivity contribution in [2.24, 2.45) is 0 Å². The van der Waals surface area contributed by atoms with Crippen LogP contribution in [-0.2, 0) is 37.0 Å². The number of hydrogen-bond acceptors (Lipinski definition) is 1. The fourth-order valence-corrected chi connectivity index (χ4v) is 1.92. The van der Waals surface area contributed by atoms with Crippen molar-refractivity contribution in [1.29, 1.82) is 0 Å². The maximum absolute atomic E-state index is 10.4. The van der Waals surface area contributed by atoms with Gasteiger partial charge >= 0.3 is 0 Å². The van der Waals surface area contributed by atoms with E-state index in [9.17, 15) is 5.11 Å². The number of benzene rings is 1. The predicted molar refractivity (Wildman–Crippen MR) is 84.7 cm³/mol. The Kier molecular flexibility index (Phi) is 10.4. The molecule has 0 aliphatic rings. The third kappa shape index (κ3) is 6.19. The topological polar surface area (TPSA) is 20.2 Å². The van der Waals surface area contributed by atoms with Gasteiger partial charge < -0.3 is 5.11 Å². The molecule has 0 aliphatic carbocycles. The van der Waals surface area contributed by atoms with Crippen LogP contribution >= 0.6 is 24.8 Å². The number of halogens is 2. The first-order valence-electron chi connectivity index (χ1n) is 5.88. The SMILES string of the molecule is Cc1cc(C(C)(C)C)c(O)c(C(C)(C)C)c1.Cl.Cl.[Zr]. The molecule has 1 N–H and O–H groups in total. The fraction of sp³-hybridized carbons (Fsp3) is 0.600. The fourth-order valence-electron chi connectivity index (χ4n) is 1.92. The molecule has 0 aliphatic heterocycles. The zero-order valence-electron chi connectivity index (χ0n) is 12.9. The van der Waals surface area contributed by atoms with E-state index in [1.54, 1.807) is 0 Å². The first kappa shape index (κ1) is 24.5. The van der Waals surface area contributed by atoms with Gasteiger partial charge in [-0.25, -0.2) is 0 Å². The van der Waals surface area contributed by atoms with Crippen LogP contribution in [0.1, 0.15) is 58.2 Å². The molecule has 0 radical (unpaired) electrons. The maximum Gasteiger partial charge on any atom is 0.123 e. The molecule has 0 saturated heterocycles. The average Bonchev–Trinajstić information content (AvgIpc) is 2.04. The van der Waals surface area contributed by atoms with Crippen molar-refractivity contribution in [2.75, 3.05) is 0 Å². The van der Waals surface area contributed by atoms with Crippen molar-refractivity contribution in [3.05, 3.63) is 28.8 Å². The number of phenolic OH excluding ortho intramolecular Hbond substituents is 1. The Morgan fingerprint density at radius 2 is 1.05 bits per heavy atom. The number of aromatic hydroxyl groups is 1. The molecule has 110 valence electrons. The summed E-state index contributed by atoms with van der Waals surface area (Å²) >= 11 is 0. The molecule has 0 bridgehead atoms. The summed E-state index contributed by atoms with van der Waals surface area (Å²) in [7, 11) is 0. The van der Waals surface area contributed by atoms with Gasteiger partial charge in [0.05, 0.1) is 0 Å². The maximum atomic E-state index is 10.4. The van der Waals surface area contributed by atoms with Crippen molar-refractivity contribution in [2.45, 2.75) is 59.3 Å². The summed E-state index contributed by atoms with van der Waals surface area (Å²) in [5.41, 5.74) is 3.26. The molecule has 1 rings (SSSR count). The monoisotopic (exact) mass is 382 g/mol. The Hall–Kier alpha value is 0.483. The van der Waals surface area contributed by atoms with Gasteiger partial charge in [0.1, 0.15) is 5.75 Å². The van der Waals surface area contributed by atoms with E-state index in [0.29, 0.717) is 5.75 Å². The van der Waals surface area contributed by atoms with E-state index in [1.807, 2.05) is 0 Å². The normalized spacial score (nSPS) is 10.9. The molecule has 0 fully saturated rings. The zero-order valence-corrected chi connectivity index (χ0v) is 17.0. The molecule has 0 heterocycles. The second-order valence-corrected chi connectivity index (χ2v) is 6.71. The van der Waals surface area contributed by atoms with Crippen LogP contribution in [0, 0.1) is 6.92 Å². The first-order valence-corrected chi connectivity index (χ1v) is 5.88. The van der Waals surface area contributed by atoms with Crippen LogP contribution in [0.15, 0.2) is 12.1 Å². The van der Waals surface area contributed by atoms with E-state index in [1.165, 1.54) is 5.56 Å². The van der Waals surface area contributed by atoms with Gasteiger partial charge in [-0.15, -0.1) is 24.8 Å². The van der Waals surface area contributed by atoms with Crippen molar-refractivity contribution < 1.29 is 31.3 Å². The number of hydrogen-bond donors (Lipinski definition) is 1. The third-order valence-electron chi connectivity index (χ3n) is 2.87. The molecule has 1 nitrogen and oxygen atoms in total. The predicted octanol–water partition coefficient (Wildman–Crippen LogP) is 5.14. The van der Waals surface area contributed by atoms with Crippen LogP contribution in [-0.4, -0.2) is 5.11 Å². The minimum absolute atomic E-state index is 0. The summed E-state index contributed by atoms with van der Waals surface area (Å²) in [5, 5.41) is 10.4. The van der Waals surface area contributed by atoms with Gasteiger partial charge in [0.25, 0.3) is 0 Å². The van der Waals surface area contributed by atoms with E-state index in [0.717, 1.165) is 11.1 Å². The number of aryl methyl sites for hydroxylation is 1. The molecule has 1 aromatic carbocycles. The van der Waals surface area contributed by atoms with Gasteiger partial charge in [-0.05, 0) is 28.9 Å². The van der Waals surface area contributed by atoms with E-state index >= 15 is 0 Å². The molecule has 0 amide bonds. The van der Waals surface area contributed by atoms with Crippen LogP contribution in [0.25, 0.3) is 0 Å². The largest absolute Gasteiger partial charge is 0.507 e. The van der Waals surface area contributed by atoms with Gasteiger partial charge in [0.15, 0.2) is 0 Å². The van der Waals surface area contributed by atoms with E-state index < -0.39 is 0 Å². The Morgan fingerprint density at radius 1 is 0.789 bits per heavy atom. The zero-order chi connectivity index (χ0) is 12.7. The van der Waals surface area contributed by atoms with Gasteiger partial charge in [-0.2, -0.15) is 0 Å². The minimum atomic E-state index is -0.0178. The number of phenols is 1. The van der Waals surface area contributed by atoms with E-state index in [4.69, 9.17) is 0 Å². The van der Waals surface area contributed by atoms with Gasteiger partial charge in [-0.3, -0.25) is 0 Å². The minimum Gasteiger partial charge on any atom is -0.507 e. The smallest absolute Gasteiger partial charge is 0.123 e. The Balaban J connectivity index is -0.000000853. The van der Waals surface area contributed by atoms with Gasteiger partial charge in [0, 0.05) is 26.2 Å².